The highest BCUT2D eigenvalue weighted by Crippen LogP contribution is 2.02. The summed E-state index contributed by atoms with van der Waals surface area (Å²) in [4.78, 5) is 0. The van der Waals surface area contributed by atoms with Crippen molar-refractivity contribution in [2.75, 3.05) is 0 Å². The Hall–Kier alpha value is -1.00. The third-order valence-electron chi connectivity index (χ3n) is 1.47. The molecular weight excluding hydrogens is 188 g/mol. The van der Waals surface area contributed by atoms with Crippen LogP contribution in [-0.4, -0.2) is 4.49 Å². The second-order valence-electron chi connectivity index (χ2n) is 2.30. The van der Waals surface area contributed by atoms with Gasteiger partial charge in [-0.25, -0.2) is 0 Å². The van der Waals surface area contributed by atoms with E-state index in [1.165, 1.54) is 11.5 Å². The van der Waals surface area contributed by atoms with E-state index in [2.05, 4.69) is 4.49 Å². The van der Waals surface area contributed by atoms with Gasteiger partial charge in [-0.3, -0.25) is 0 Å². The Morgan fingerprint density at radius 3 is 2.58 bits per heavy atom. The second kappa shape index (κ2) is 3.16. The van der Waals surface area contributed by atoms with Gasteiger partial charge in [-0.1, -0.05) is 22.9 Å². The maximum absolute atomic E-state index is 4.97. The minimum Gasteiger partial charge on any atom is -0.421 e. The fourth-order valence-corrected chi connectivity index (χ4v) is 1.59. The molecule has 2 aromatic rings. The number of rotatable bonds is 1. The zero-order valence-electron chi connectivity index (χ0n) is 6.18. The third kappa shape index (κ3) is 1.44. The van der Waals surface area contributed by atoms with Gasteiger partial charge in [0.25, 0.3) is 0 Å². The molecule has 1 heterocycles. The van der Waals surface area contributed by atoms with Crippen molar-refractivity contribution in [2.24, 2.45) is 0 Å². The van der Waals surface area contributed by atoms with Gasteiger partial charge in [0, 0.05) is 12.1 Å². The lowest BCUT2D eigenvalue weighted by molar-refractivity contribution is -0.652. The van der Waals surface area contributed by atoms with E-state index < -0.39 is 0 Å². The van der Waals surface area contributed by atoms with Gasteiger partial charge in [0.15, 0.2) is 6.20 Å². The molecule has 0 amide bonds. The molecule has 0 radical (unpaired) electrons. The predicted octanol–water partition coefficient (Wildman–Crippen LogP) is 1.33. The number of aromatic nitrogens is 2. The van der Waals surface area contributed by atoms with Gasteiger partial charge in [0.2, 0.25) is 5.69 Å². The highest BCUT2D eigenvalue weighted by Gasteiger charge is 2.03. The number of hydrogen-bond acceptors (Lipinski definition) is 3. The van der Waals surface area contributed by atoms with Crippen LogP contribution in [0, 0.1) is 0 Å². The minimum absolute atomic E-state index is 0.804. The highest BCUT2D eigenvalue weighted by molar-refractivity contribution is 7.62. The lowest BCUT2D eigenvalue weighted by atomic mass is 10.3. The van der Waals surface area contributed by atoms with E-state index in [4.69, 9.17) is 12.6 Å². The Balaban J connectivity index is 2.45. The summed E-state index contributed by atoms with van der Waals surface area (Å²) in [6.07, 6.45) is 1.84. The molecule has 4 heteroatoms. The molecule has 0 unspecified atom stereocenters. The molecule has 0 fully saturated rings. The summed E-state index contributed by atoms with van der Waals surface area (Å²) in [6.45, 7) is 0. The fraction of sp³-hybridized carbons (Fsp3) is 0. The third-order valence-corrected chi connectivity index (χ3v) is 2.34. The molecule has 1 aromatic heterocycles. The fourth-order valence-electron chi connectivity index (χ4n) is 0.934. The van der Waals surface area contributed by atoms with Crippen molar-refractivity contribution in [2.45, 2.75) is 4.21 Å². The molecule has 12 heavy (non-hydrogen) atoms. The molecule has 0 aliphatic heterocycles. The predicted molar refractivity (Wildman–Crippen MR) is 49.3 cm³/mol. The van der Waals surface area contributed by atoms with E-state index in [0.717, 1.165) is 9.90 Å². The molecule has 0 aliphatic carbocycles. The van der Waals surface area contributed by atoms with E-state index in [1.54, 1.807) is 4.68 Å². The normalized spacial score (nSPS) is 10.0. The monoisotopic (exact) mass is 194 g/mol. The summed E-state index contributed by atoms with van der Waals surface area (Å²) in [7, 11) is 0. The first-order valence-corrected chi connectivity index (χ1v) is 4.65. The number of nitrogens with zero attached hydrogens (tertiary/aromatic N) is 2. The van der Waals surface area contributed by atoms with Crippen LogP contribution in [0.25, 0.3) is 5.69 Å². The highest BCUT2D eigenvalue weighted by atomic mass is 32.2. The quantitative estimate of drug-likeness (QED) is 0.503. The van der Waals surface area contributed by atoms with E-state index in [1.807, 2.05) is 36.5 Å². The summed E-state index contributed by atoms with van der Waals surface area (Å²) in [6, 6.07) is 9.92. The van der Waals surface area contributed by atoms with Crippen LogP contribution >= 0.6 is 11.5 Å². The van der Waals surface area contributed by atoms with E-state index in [0.29, 0.717) is 0 Å². The van der Waals surface area contributed by atoms with Gasteiger partial charge in [0.05, 0.1) is 0 Å². The molecule has 0 saturated heterocycles. The molecule has 0 N–H and O–H groups in total. The maximum atomic E-state index is 4.97. The molecule has 2 nitrogen and oxygen atoms in total. The van der Waals surface area contributed by atoms with Gasteiger partial charge in [-0.15, -0.1) is 0 Å². The van der Waals surface area contributed by atoms with Gasteiger partial charge in [-0.2, -0.15) is 11.5 Å². The first-order chi connectivity index (χ1) is 5.86. The maximum Gasteiger partial charge on any atom is 0.237 e. The van der Waals surface area contributed by atoms with E-state index >= 15 is 0 Å². The van der Waals surface area contributed by atoms with Crippen LogP contribution in [-0.2, 0) is 12.6 Å². The van der Waals surface area contributed by atoms with Crippen LogP contribution in [0.1, 0.15) is 0 Å². The van der Waals surface area contributed by atoms with E-state index in [9.17, 15) is 0 Å². The Morgan fingerprint density at radius 2 is 2.00 bits per heavy atom. The van der Waals surface area contributed by atoms with Crippen molar-refractivity contribution >= 4 is 24.2 Å². The van der Waals surface area contributed by atoms with Crippen LogP contribution in [0.2, 0.25) is 0 Å². The summed E-state index contributed by atoms with van der Waals surface area (Å²) in [5.74, 6) is 0. The first-order valence-electron chi connectivity index (χ1n) is 3.47. The smallest absolute Gasteiger partial charge is 0.237 e. The minimum atomic E-state index is 0.804. The largest absolute Gasteiger partial charge is 0.421 e. The SMILES string of the molecule is [S-]c1c[n+](-c2ccccc2)ns1. The summed E-state index contributed by atoms with van der Waals surface area (Å²) in [5, 5.41) is 0. The van der Waals surface area contributed by atoms with Crippen molar-refractivity contribution in [3.05, 3.63) is 36.5 Å². The lowest BCUT2D eigenvalue weighted by Gasteiger charge is -1.86. The van der Waals surface area contributed by atoms with Crippen molar-refractivity contribution in [1.82, 2.24) is 4.49 Å². The second-order valence-corrected chi connectivity index (χ2v) is 3.79. The van der Waals surface area contributed by atoms with Gasteiger partial charge in [0.1, 0.15) is 0 Å². The average Bonchev–Trinajstić information content (AvgIpc) is 2.54. The molecule has 0 bridgehead atoms. The zero-order chi connectivity index (χ0) is 8.39. The van der Waals surface area contributed by atoms with Crippen LogP contribution in [0.4, 0.5) is 0 Å². The van der Waals surface area contributed by atoms with Crippen LogP contribution in [0.15, 0.2) is 40.7 Å². The molecule has 0 saturated carbocycles. The molecule has 1 aromatic carbocycles. The van der Waals surface area contributed by atoms with Crippen molar-refractivity contribution in [3.63, 3.8) is 0 Å². The van der Waals surface area contributed by atoms with Crippen LogP contribution in [0.5, 0.6) is 0 Å². The Labute approximate surface area is 80.0 Å². The zero-order valence-corrected chi connectivity index (χ0v) is 7.81. The molecule has 2 rings (SSSR count). The summed E-state index contributed by atoms with van der Waals surface area (Å²) in [5.41, 5.74) is 1.05. The number of hydrogen-bond donors (Lipinski definition) is 0. The topological polar surface area (TPSA) is 16.8 Å². The van der Waals surface area contributed by atoms with E-state index in [-0.39, 0.29) is 0 Å². The van der Waals surface area contributed by atoms with Crippen molar-refractivity contribution in [1.29, 1.82) is 0 Å². The molecule has 0 aliphatic rings. The number of benzene rings is 1. The first kappa shape index (κ1) is 7.64. The Morgan fingerprint density at radius 1 is 1.25 bits per heavy atom. The number of para-hydroxylation sites is 1. The lowest BCUT2D eigenvalue weighted by Crippen LogP contribution is -2.30. The van der Waals surface area contributed by atoms with Crippen molar-refractivity contribution in [3.8, 4) is 5.69 Å². The Kier molecular flexibility index (Phi) is 2.01. The standard InChI is InChI=1S/C8H6N2S2/c11-8-6-10(9-12-8)7-4-2-1-3-5-7/h1-6H. The Bertz CT molecular complexity index is 370. The molecule has 60 valence electrons. The molecule has 0 atom stereocenters. The van der Waals surface area contributed by atoms with Gasteiger partial charge in [-0.05, 0) is 8.70 Å². The summed E-state index contributed by atoms with van der Waals surface area (Å²) >= 11 is 6.30. The summed E-state index contributed by atoms with van der Waals surface area (Å²) < 4.78 is 6.73. The van der Waals surface area contributed by atoms with Crippen LogP contribution < -0.4 is 4.68 Å². The molecular formula is C8H6N2S2. The van der Waals surface area contributed by atoms with Gasteiger partial charge < -0.3 is 12.6 Å². The molecule has 0 spiro atoms. The van der Waals surface area contributed by atoms with Crippen molar-refractivity contribution < 1.29 is 4.68 Å². The van der Waals surface area contributed by atoms with Gasteiger partial charge >= 0.3 is 0 Å². The van der Waals surface area contributed by atoms with Crippen LogP contribution in [0.3, 0.4) is 0 Å². The average molecular weight is 194 g/mol.